The molecule has 1 fully saturated rings. The van der Waals surface area contributed by atoms with Crippen LogP contribution in [-0.2, 0) is 10.0 Å². The number of thioether (sulfide) groups is 1. The summed E-state index contributed by atoms with van der Waals surface area (Å²) in [6.45, 7) is 3.50. The van der Waals surface area contributed by atoms with Gasteiger partial charge in [-0.15, -0.1) is 0 Å². The minimum absolute atomic E-state index is 0.0282. The van der Waals surface area contributed by atoms with Gasteiger partial charge in [0.05, 0.1) is 10.6 Å². The first-order chi connectivity index (χ1) is 9.22. The number of benzene rings is 1. The second kappa shape index (κ2) is 5.20. The third-order valence-electron chi connectivity index (χ3n) is 3.80. The summed E-state index contributed by atoms with van der Waals surface area (Å²) in [6, 6.07) is 1.17. The fourth-order valence-corrected chi connectivity index (χ4v) is 4.66. The fourth-order valence-electron chi connectivity index (χ4n) is 2.24. The van der Waals surface area contributed by atoms with E-state index in [1.165, 1.54) is 13.0 Å². The zero-order valence-electron chi connectivity index (χ0n) is 11.8. The molecule has 0 radical (unpaired) electrons. The SMILES string of the molecule is CSC1(CNS(=O)(=O)c2c(C)cc(F)c(N)c2C)CC1. The average molecular weight is 318 g/mol. The molecule has 20 heavy (non-hydrogen) atoms. The van der Waals surface area contributed by atoms with Crippen LogP contribution in [0.1, 0.15) is 24.0 Å². The quantitative estimate of drug-likeness (QED) is 0.816. The van der Waals surface area contributed by atoms with Gasteiger partial charge in [0.25, 0.3) is 0 Å². The molecular formula is C13H19FN2O2S2. The maximum Gasteiger partial charge on any atom is 0.241 e. The Morgan fingerprint density at radius 1 is 1.45 bits per heavy atom. The van der Waals surface area contributed by atoms with Crippen molar-refractivity contribution in [2.75, 3.05) is 18.5 Å². The summed E-state index contributed by atoms with van der Waals surface area (Å²) in [4.78, 5) is 0.0910. The molecule has 0 spiro atoms. The lowest BCUT2D eigenvalue weighted by atomic mass is 10.1. The van der Waals surface area contributed by atoms with Crippen molar-refractivity contribution in [3.8, 4) is 0 Å². The third kappa shape index (κ3) is 2.80. The maximum absolute atomic E-state index is 13.5. The van der Waals surface area contributed by atoms with E-state index in [0.717, 1.165) is 12.8 Å². The molecule has 0 aliphatic heterocycles. The lowest BCUT2D eigenvalue weighted by Gasteiger charge is -2.17. The maximum atomic E-state index is 13.5. The number of nitrogens with two attached hydrogens (primary N) is 1. The summed E-state index contributed by atoms with van der Waals surface area (Å²) in [5, 5.41) is 0. The van der Waals surface area contributed by atoms with Crippen molar-refractivity contribution >= 4 is 27.5 Å². The fraction of sp³-hybridized carbons (Fsp3) is 0.538. The summed E-state index contributed by atoms with van der Waals surface area (Å²) in [5.41, 5.74) is 6.13. The highest BCUT2D eigenvalue weighted by Crippen LogP contribution is 2.46. The molecular weight excluding hydrogens is 299 g/mol. The number of sulfonamides is 1. The number of rotatable bonds is 5. The van der Waals surface area contributed by atoms with Gasteiger partial charge in [0, 0.05) is 11.3 Å². The van der Waals surface area contributed by atoms with E-state index in [4.69, 9.17) is 5.73 Å². The van der Waals surface area contributed by atoms with Crippen LogP contribution < -0.4 is 10.5 Å². The molecule has 112 valence electrons. The number of halogens is 1. The number of nitrogen functional groups attached to an aromatic ring is 1. The first-order valence-electron chi connectivity index (χ1n) is 6.32. The largest absolute Gasteiger partial charge is 0.396 e. The molecule has 0 heterocycles. The first-order valence-corrected chi connectivity index (χ1v) is 9.03. The van der Waals surface area contributed by atoms with E-state index in [0.29, 0.717) is 12.1 Å². The van der Waals surface area contributed by atoms with Crippen LogP contribution in [0.2, 0.25) is 0 Å². The molecule has 0 atom stereocenters. The van der Waals surface area contributed by atoms with Gasteiger partial charge in [-0.2, -0.15) is 11.8 Å². The van der Waals surface area contributed by atoms with Crippen LogP contribution in [0.4, 0.5) is 10.1 Å². The molecule has 0 amide bonds. The summed E-state index contributed by atoms with van der Waals surface area (Å²) >= 11 is 1.68. The predicted octanol–water partition coefficient (Wildman–Crippen LogP) is 2.20. The molecule has 4 nitrogen and oxygen atoms in total. The van der Waals surface area contributed by atoms with E-state index in [2.05, 4.69) is 4.72 Å². The minimum atomic E-state index is -3.67. The van der Waals surface area contributed by atoms with Crippen molar-refractivity contribution < 1.29 is 12.8 Å². The Morgan fingerprint density at radius 2 is 2.05 bits per heavy atom. The molecule has 0 saturated heterocycles. The summed E-state index contributed by atoms with van der Waals surface area (Å²) in [7, 11) is -3.67. The van der Waals surface area contributed by atoms with Crippen molar-refractivity contribution in [2.45, 2.75) is 36.3 Å². The average Bonchev–Trinajstić information content (AvgIpc) is 3.14. The smallest absolute Gasteiger partial charge is 0.241 e. The molecule has 1 saturated carbocycles. The van der Waals surface area contributed by atoms with Crippen molar-refractivity contribution in [1.29, 1.82) is 0 Å². The molecule has 0 aromatic heterocycles. The molecule has 1 aliphatic rings. The molecule has 2 rings (SSSR count). The zero-order chi connectivity index (χ0) is 15.1. The standard InChI is InChI=1S/C13H19FN2O2S2/c1-8-6-10(14)11(15)9(2)12(8)20(17,18)16-7-13(19-3)4-5-13/h6,16H,4-5,7,15H2,1-3H3. The number of hydrogen-bond acceptors (Lipinski definition) is 4. The van der Waals surface area contributed by atoms with Gasteiger partial charge in [0.15, 0.2) is 0 Å². The van der Waals surface area contributed by atoms with Gasteiger partial charge < -0.3 is 5.73 Å². The van der Waals surface area contributed by atoms with Crippen LogP contribution >= 0.6 is 11.8 Å². The molecule has 7 heteroatoms. The second-order valence-corrected chi connectivity index (χ2v) is 8.23. The van der Waals surface area contributed by atoms with Gasteiger partial charge in [-0.1, -0.05) is 0 Å². The topological polar surface area (TPSA) is 72.2 Å². The van der Waals surface area contributed by atoms with E-state index in [9.17, 15) is 12.8 Å². The minimum Gasteiger partial charge on any atom is -0.396 e. The number of nitrogens with one attached hydrogen (secondary N) is 1. The van der Waals surface area contributed by atoms with E-state index < -0.39 is 15.8 Å². The van der Waals surface area contributed by atoms with Gasteiger partial charge in [-0.25, -0.2) is 17.5 Å². The monoisotopic (exact) mass is 318 g/mol. The second-order valence-electron chi connectivity index (χ2n) is 5.25. The van der Waals surface area contributed by atoms with Crippen LogP contribution in [0.25, 0.3) is 0 Å². The summed E-state index contributed by atoms with van der Waals surface area (Å²) in [5.74, 6) is -0.582. The number of anilines is 1. The number of aryl methyl sites for hydroxylation is 1. The highest BCUT2D eigenvalue weighted by molar-refractivity contribution is 8.00. The van der Waals surface area contributed by atoms with Crippen molar-refractivity contribution in [3.63, 3.8) is 0 Å². The van der Waals surface area contributed by atoms with Crippen LogP contribution in [-0.4, -0.2) is 26.0 Å². The van der Waals surface area contributed by atoms with E-state index in [-0.39, 0.29) is 20.9 Å². The van der Waals surface area contributed by atoms with Crippen molar-refractivity contribution in [3.05, 3.63) is 23.0 Å². The van der Waals surface area contributed by atoms with Crippen LogP contribution in [0.5, 0.6) is 0 Å². The van der Waals surface area contributed by atoms with Gasteiger partial charge >= 0.3 is 0 Å². The number of hydrogen-bond donors (Lipinski definition) is 2. The Labute approximate surface area is 123 Å². The van der Waals surface area contributed by atoms with Crippen molar-refractivity contribution in [2.24, 2.45) is 0 Å². The van der Waals surface area contributed by atoms with Crippen LogP contribution in [0.15, 0.2) is 11.0 Å². The molecule has 3 N–H and O–H groups in total. The van der Waals surface area contributed by atoms with Gasteiger partial charge in [0.2, 0.25) is 10.0 Å². The normalized spacial score (nSPS) is 17.2. The Bertz CT molecular complexity index is 640. The molecule has 1 aromatic rings. The van der Waals surface area contributed by atoms with Crippen molar-refractivity contribution in [1.82, 2.24) is 4.72 Å². The molecule has 0 bridgehead atoms. The Hall–Kier alpha value is -0.790. The lowest BCUT2D eigenvalue weighted by Crippen LogP contribution is -2.32. The Balaban J connectivity index is 2.32. The first kappa shape index (κ1) is 15.6. The Kier molecular flexibility index (Phi) is 4.05. The molecule has 1 aliphatic carbocycles. The zero-order valence-corrected chi connectivity index (χ0v) is 13.4. The predicted molar refractivity (Wildman–Crippen MR) is 81.0 cm³/mol. The molecule has 1 aromatic carbocycles. The highest BCUT2D eigenvalue weighted by atomic mass is 32.2. The van der Waals surface area contributed by atoms with Gasteiger partial charge in [-0.05, 0) is 50.1 Å². The highest BCUT2D eigenvalue weighted by Gasteiger charge is 2.42. The van der Waals surface area contributed by atoms with Gasteiger partial charge in [0.1, 0.15) is 5.82 Å². The van der Waals surface area contributed by atoms with E-state index in [1.54, 1.807) is 18.7 Å². The Morgan fingerprint density at radius 3 is 2.55 bits per heavy atom. The molecule has 0 unspecified atom stereocenters. The third-order valence-corrected chi connectivity index (χ3v) is 6.91. The van der Waals surface area contributed by atoms with E-state index >= 15 is 0 Å². The summed E-state index contributed by atoms with van der Waals surface area (Å²) < 4.78 is 41.0. The summed E-state index contributed by atoms with van der Waals surface area (Å²) in [6.07, 6.45) is 4.01. The van der Waals surface area contributed by atoms with Crippen LogP contribution in [0, 0.1) is 19.7 Å². The lowest BCUT2D eigenvalue weighted by molar-refractivity contribution is 0.577. The van der Waals surface area contributed by atoms with Gasteiger partial charge in [-0.3, -0.25) is 0 Å². The van der Waals surface area contributed by atoms with E-state index in [1.807, 2.05) is 6.26 Å². The van der Waals surface area contributed by atoms with Crippen LogP contribution in [0.3, 0.4) is 0 Å².